The first kappa shape index (κ1) is 16.7. The highest BCUT2D eigenvalue weighted by Gasteiger charge is 2.03. The summed E-state index contributed by atoms with van der Waals surface area (Å²) in [6.07, 6.45) is -0.472. The molecule has 1 heterocycles. The standard InChI is InChI=1S/C23H18N2O2/c26-23(27-16-18-7-2-1-3-8-18)24-14-6-9-17-12-13-22-20(15-17)19-10-4-5-11-21(19)25-22/h1-5,7-8,10-13,15,25H,14,16H2,(H,24,26). The van der Waals surface area contributed by atoms with Gasteiger partial charge >= 0.3 is 6.09 Å². The zero-order valence-corrected chi connectivity index (χ0v) is 14.7. The summed E-state index contributed by atoms with van der Waals surface area (Å²) >= 11 is 0. The van der Waals surface area contributed by atoms with E-state index in [4.69, 9.17) is 4.74 Å². The van der Waals surface area contributed by atoms with E-state index in [1.165, 1.54) is 5.39 Å². The number of para-hydroxylation sites is 1. The quantitative estimate of drug-likeness (QED) is 0.528. The van der Waals surface area contributed by atoms with Crippen molar-refractivity contribution in [3.8, 4) is 11.8 Å². The number of amides is 1. The van der Waals surface area contributed by atoms with Gasteiger partial charge in [-0.1, -0.05) is 60.4 Å². The SMILES string of the molecule is O=C(NCC#Cc1ccc2[nH]c3ccccc3c2c1)OCc1ccccc1. The summed E-state index contributed by atoms with van der Waals surface area (Å²) in [5.74, 6) is 6.05. The van der Waals surface area contributed by atoms with Gasteiger partial charge in [-0.05, 0) is 29.8 Å². The lowest BCUT2D eigenvalue weighted by atomic mass is 10.1. The van der Waals surface area contributed by atoms with Gasteiger partial charge in [0.25, 0.3) is 0 Å². The second-order valence-electron chi connectivity index (χ2n) is 6.15. The van der Waals surface area contributed by atoms with Crippen molar-refractivity contribution in [3.05, 3.63) is 83.9 Å². The van der Waals surface area contributed by atoms with Crippen LogP contribution in [0.1, 0.15) is 11.1 Å². The van der Waals surface area contributed by atoms with Crippen molar-refractivity contribution >= 4 is 27.9 Å². The highest BCUT2D eigenvalue weighted by molar-refractivity contribution is 6.07. The lowest BCUT2D eigenvalue weighted by Gasteiger charge is -2.04. The van der Waals surface area contributed by atoms with E-state index in [9.17, 15) is 4.79 Å². The van der Waals surface area contributed by atoms with Crippen molar-refractivity contribution in [2.24, 2.45) is 0 Å². The fourth-order valence-electron chi connectivity index (χ4n) is 2.96. The Kier molecular flexibility index (Phi) is 4.76. The van der Waals surface area contributed by atoms with Crippen LogP contribution in [0.5, 0.6) is 0 Å². The Balaban J connectivity index is 1.36. The maximum absolute atomic E-state index is 11.7. The molecule has 1 aromatic heterocycles. The second-order valence-corrected chi connectivity index (χ2v) is 6.15. The van der Waals surface area contributed by atoms with E-state index >= 15 is 0 Å². The molecular formula is C23H18N2O2. The molecule has 3 aromatic carbocycles. The molecular weight excluding hydrogens is 336 g/mol. The van der Waals surface area contributed by atoms with Gasteiger partial charge in [0.15, 0.2) is 0 Å². The van der Waals surface area contributed by atoms with Gasteiger partial charge in [-0.2, -0.15) is 0 Å². The number of alkyl carbamates (subject to hydrolysis) is 1. The number of nitrogens with one attached hydrogen (secondary N) is 2. The van der Waals surface area contributed by atoms with Gasteiger partial charge in [0.05, 0.1) is 6.54 Å². The zero-order valence-electron chi connectivity index (χ0n) is 14.7. The van der Waals surface area contributed by atoms with Crippen LogP contribution in [0.25, 0.3) is 21.8 Å². The van der Waals surface area contributed by atoms with E-state index in [2.05, 4.69) is 40.3 Å². The third kappa shape index (κ3) is 3.94. The molecule has 0 aliphatic carbocycles. The van der Waals surface area contributed by atoms with Crippen LogP contribution in [0.15, 0.2) is 72.8 Å². The summed E-state index contributed by atoms with van der Waals surface area (Å²) < 4.78 is 5.15. The van der Waals surface area contributed by atoms with Gasteiger partial charge in [-0.25, -0.2) is 4.79 Å². The van der Waals surface area contributed by atoms with Gasteiger partial charge in [-0.15, -0.1) is 0 Å². The number of hydrogen-bond donors (Lipinski definition) is 2. The predicted octanol–water partition coefficient (Wildman–Crippen LogP) is 4.60. The Bertz CT molecular complexity index is 1150. The van der Waals surface area contributed by atoms with E-state index in [0.717, 1.165) is 27.5 Å². The molecule has 27 heavy (non-hydrogen) atoms. The van der Waals surface area contributed by atoms with Crippen LogP contribution >= 0.6 is 0 Å². The summed E-state index contributed by atoms with van der Waals surface area (Å²) in [6.45, 7) is 0.483. The fourth-order valence-corrected chi connectivity index (χ4v) is 2.96. The molecule has 0 aliphatic heterocycles. The Morgan fingerprint density at radius 2 is 1.70 bits per heavy atom. The number of ether oxygens (including phenoxy) is 1. The van der Waals surface area contributed by atoms with Crippen LogP contribution in [0.4, 0.5) is 4.79 Å². The smallest absolute Gasteiger partial charge is 0.408 e. The first-order valence-electron chi connectivity index (χ1n) is 8.73. The van der Waals surface area contributed by atoms with Crippen LogP contribution in [-0.4, -0.2) is 17.6 Å². The number of carbonyl (C=O) groups excluding carboxylic acids is 1. The number of H-pyrrole nitrogens is 1. The number of benzene rings is 3. The lowest BCUT2D eigenvalue weighted by molar-refractivity contribution is 0.141. The molecule has 0 saturated heterocycles. The molecule has 0 saturated carbocycles. The summed E-state index contributed by atoms with van der Waals surface area (Å²) in [5.41, 5.74) is 4.06. The molecule has 4 aromatic rings. The van der Waals surface area contributed by atoms with Gasteiger partial charge in [0, 0.05) is 27.4 Å². The summed E-state index contributed by atoms with van der Waals surface area (Å²) in [5, 5.41) is 4.97. The molecule has 0 aliphatic rings. The molecule has 1 amide bonds. The first-order chi connectivity index (χ1) is 13.3. The average Bonchev–Trinajstić information content (AvgIpc) is 3.08. The topological polar surface area (TPSA) is 54.1 Å². The molecule has 132 valence electrons. The number of carbonyl (C=O) groups is 1. The Hall–Kier alpha value is -3.71. The van der Waals surface area contributed by atoms with E-state index < -0.39 is 6.09 Å². The molecule has 0 spiro atoms. The normalized spacial score (nSPS) is 10.4. The molecule has 0 fully saturated rings. The van der Waals surface area contributed by atoms with Gasteiger partial charge in [0.1, 0.15) is 6.61 Å². The molecule has 0 radical (unpaired) electrons. The van der Waals surface area contributed by atoms with Gasteiger partial charge in [0.2, 0.25) is 0 Å². The summed E-state index contributed by atoms with van der Waals surface area (Å²) in [7, 11) is 0. The fraction of sp³-hybridized carbons (Fsp3) is 0.0870. The number of aromatic amines is 1. The minimum absolute atomic E-state index is 0.236. The van der Waals surface area contributed by atoms with Crippen molar-refractivity contribution < 1.29 is 9.53 Å². The molecule has 0 unspecified atom stereocenters. The Morgan fingerprint density at radius 1 is 0.926 bits per heavy atom. The van der Waals surface area contributed by atoms with E-state index in [0.29, 0.717) is 0 Å². The maximum Gasteiger partial charge on any atom is 0.408 e. The van der Waals surface area contributed by atoms with Crippen molar-refractivity contribution in [1.29, 1.82) is 0 Å². The molecule has 4 rings (SSSR count). The van der Waals surface area contributed by atoms with Crippen molar-refractivity contribution in [2.45, 2.75) is 6.61 Å². The highest BCUT2D eigenvalue weighted by atomic mass is 16.5. The predicted molar refractivity (Wildman–Crippen MR) is 107 cm³/mol. The van der Waals surface area contributed by atoms with Crippen LogP contribution in [0, 0.1) is 11.8 Å². The summed E-state index contributed by atoms with van der Waals surface area (Å²) in [4.78, 5) is 15.1. The van der Waals surface area contributed by atoms with Gasteiger partial charge in [-0.3, -0.25) is 0 Å². The Morgan fingerprint density at radius 3 is 2.59 bits per heavy atom. The van der Waals surface area contributed by atoms with Crippen molar-refractivity contribution in [1.82, 2.24) is 10.3 Å². The average molecular weight is 354 g/mol. The van der Waals surface area contributed by atoms with Crippen molar-refractivity contribution in [3.63, 3.8) is 0 Å². The minimum atomic E-state index is -0.472. The van der Waals surface area contributed by atoms with Crippen molar-refractivity contribution in [2.75, 3.05) is 6.54 Å². The number of hydrogen-bond acceptors (Lipinski definition) is 2. The van der Waals surface area contributed by atoms with Crippen LogP contribution < -0.4 is 5.32 Å². The highest BCUT2D eigenvalue weighted by Crippen LogP contribution is 2.25. The third-order valence-electron chi connectivity index (χ3n) is 4.27. The van der Waals surface area contributed by atoms with E-state index in [1.54, 1.807) is 0 Å². The van der Waals surface area contributed by atoms with Crippen LogP contribution in [-0.2, 0) is 11.3 Å². The largest absolute Gasteiger partial charge is 0.445 e. The van der Waals surface area contributed by atoms with Gasteiger partial charge < -0.3 is 15.0 Å². The maximum atomic E-state index is 11.7. The first-order valence-corrected chi connectivity index (χ1v) is 8.73. The van der Waals surface area contributed by atoms with Crippen LogP contribution in [0.2, 0.25) is 0 Å². The monoisotopic (exact) mass is 354 g/mol. The van der Waals surface area contributed by atoms with E-state index in [-0.39, 0.29) is 13.2 Å². The van der Waals surface area contributed by atoms with Crippen LogP contribution in [0.3, 0.4) is 0 Å². The number of fused-ring (bicyclic) bond motifs is 3. The molecule has 4 heteroatoms. The Labute approximate surface area is 157 Å². The number of rotatable bonds is 3. The minimum Gasteiger partial charge on any atom is -0.445 e. The second kappa shape index (κ2) is 7.67. The molecule has 2 N–H and O–H groups in total. The molecule has 0 bridgehead atoms. The molecule has 4 nitrogen and oxygen atoms in total. The third-order valence-corrected chi connectivity index (χ3v) is 4.27. The zero-order chi connectivity index (χ0) is 18.5. The lowest BCUT2D eigenvalue weighted by Crippen LogP contribution is -2.24. The molecule has 0 atom stereocenters. The summed E-state index contributed by atoms with van der Waals surface area (Å²) in [6, 6.07) is 23.8. The number of aromatic nitrogens is 1. The van der Waals surface area contributed by atoms with E-state index in [1.807, 2.05) is 54.6 Å².